The van der Waals surface area contributed by atoms with Crippen molar-refractivity contribution < 1.29 is 9.13 Å². The van der Waals surface area contributed by atoms with Gasteiger partial charge in [-0.1, -0.05) is 122 Å². The van der Waals surface area contributed by atoms with Crippen LogP contribution >= 0.6 is 0 Å². The molecule has 0 saturated heterocycles. The van der Waals surface area contributed by atoms with Crippen molar-refractivity contribution >= 4 is 0 Å². The first-order valence-corrected chi connectivity index (χ1v) is 12.6. The van der Waals surface area contributed by atoms with Gasteiger partial charge in [0.05, 0.1) is 6.67 Å². The molecule has 0 aromatic rings. The summed E-state index contributed by atoms with van der Waals surface area (Å²) in [4.78, 5) is 0. The maximum atomic E-state index is 11.9. The SMILES string of the molecule is CCCCCCCCCCCCCCCCOCCCCCCCCCF. The second-order valence-corrected chi connectivity index (χ2v) is 8.37. The minimum absolute atomic E-state index is 0.146. The molecule has 0 amide bonds. The lowest BCUT2D eigenvalue weighted by Gasteiger charge is -2.05. The fraction of sp³-hybridized carbons (Fsp3) is 1.00. The van der Waals surface area contributed by atoms with Gasteiger partial charge in [-0.05, 0) is 19.3 Å². The van der Waals surface area contributed by atoms with E-state index in [1.165, 1.54) is 122 Å². The molecule has 0 aromatic carbocycles. The number of halogens is 1. The van der Waals surface area contributed by atoms with E-state index in [0.29, 0.717) is 0 Å². The van der Waals surface area contributed by atoms with Gasteiger partial charge in [0.25, 0.3) is 0 Å². The molecule has 0 aliphatic rings. The van der Waals surface area contributed by atoms with Crippen molar-refractivity contribution in [3.8, 4) is 0 Å². The maximum Gasteiger partial charge on any atom is 0.0894 e. The van der Waals surface area contributed by atoms with E-state index in [1.807, 2.05) is 0 Å². The number of ether oxygens (including phenoxy) is 1. The summed E-state index contributed by atoms with van der Waals surface area (Å²) < 4.78 is 17.7. The van der Waals surface area contributed by atoms with Crippen molar-refractivity contribution in [2.24, 2.45) is 0 Å². The zero-order valence-electron chi connectivity index (χ0n) is 18.8. The molecule has 1 nitrogen and oxygen atoms in total. The lowest BCUT2D eigenvalue weighted by molar-refractivity contribution is 0.125. The quantitative estimate of drug-likeness (QED) is 0.150. The van der Waals surface area contributed by atoms with Gasteiger partial charge in [-0.25, -0.2) is 0 Å². The molecule has 0 fully saturated rings. The van der Waals surface area contributed by atoms with Crippen molar-refractivity contribution in [3.05, 3.63) is 0 Å². The number of hydrogen-bond donors (Lipinski definition) is 0. The summed E-state index contributed by atoms with van der Waals surface area (Å²) in [5.41, 5.74) is 0. The van der Waals surface area contributed by atoms with E-state index in [4.69, 9.17) is 4.74 Å². The Labute approximate surface area is 171 Å². The fourth-order valence-corrected chi connectivity index (χ4v) is 3.68. The van der Waals surface area contributed by atoms with Crippen LogP contribution in [0.4, 0.5) is 4.39 Å². The number of alkyl halides is 1. The average molecular weight is 387 g/mol. The molecular formula is C25H51FO. The number of hydrogen-bond acceptors (Lipinski definition) is 1. The third-order valence-electron chi connectivity index (χ3n) is 5.56. The molecule has 0 bridgehead atoms. The van der Waals surface area contributed by atoms with Gasteiger partial charge in [0, 0.05) is 13.2 Å². The van der Waals surface area contributed by atoms with Gasteiger partial charge in [-0.15, -0.1) is 0 Å². The summed E-state index contributed by atoms with van der Waals surface area (Å²) in [7, 11) is 0. The fourth-order valence-electron chi connectivity index (χ4n) is 3.68. The van der Waals surface area contributed by atoms with Gasteiger partial charge in [0.1, 0.15) is 0 Å². The zero-order chi connectivity index (χ0) is 19.7. The third kappa shape index (κ3) is 25.9. The highest BCUT2D eigenvalue weighted by Gasteiger charge is 1.95. The highest BCUT2D eigenvalue weighted by atomic mass is 19.1. The van der Waals surface area contributed by atoms with Crippen LogP contribution in [0.1, 0.15) is 142 Å². The Morgan fingerprint density at radius 2 is 0.704 bits per heavy atom. The van der Waals surface area contributed by atoms with Crippen LogP contribution in [0.15, 0.2) is 0 Å². The Hall–Kier alpha value is -0.110. The molecule has 0 atom stereocenters. The predicted octanol–water partition coefficient (Wildman–Crippen LogP) is 9.18. The lowest BCUT2D eigenvalue weighted by atomic mass is 10.0. The molecule has 164 valence electrons. The predicted molar refractivity (Wildman–Crippen MR) is 119 cm³/mol. The molecule has 0 aliphatic heterocycles. The summed E-state index contributed by atoms with van der Waals surface area (Å²) in [6.07, 6.45) is 27.8. The van der Waals surface area contributed by atoms with E-state index in [9.17, 15) is 4.39 Å². The Morgan fingerprint density at radius 1 is 0.407 bits per heavy atom. The third-order valence-corrected chi connectivity index (χ3v) is 5.56. The summed E-state index contributed by atoms with van der Waals surface area (Å²) in [6.45, 7) is 4.03. The second kappa shape index (κ2) is 25.9. The molecule has 27 heavy (non-hydrogen) atoms. The summed E-state index contributed by atoms with van der Waals surface area (Å²) in [5, 5.41) is 0. The molecule has 0 aliphatic carbocycles. The first kappa shape index (κ1) is 26.9. The second-order valence-electron chi connectivity index (χ2n) is 8.37. The molecule has 0 radical (unpaired) electrons. The molecule has 0 aromatic heterocycles. The molecule has 0 rings (SSSR count). The smallest absolute Gasteiger partial charge is 0.0894 e. The van der Waals surface area contributed by atoms with Crippen LogP contribution in [0.2, 0.25) is 0 Å². The topological polar surface area (TPSA) is 9.23 Å². The Balaban J connectivity index is 2.95. The highest BCUT2D eigenvalue weighted by molar-refractivity contribution is 4.50. The monoisotopic (exact) mass is 386 g/mol. The summed E-state index contributed by atoms with van der Waals surface area (Å²) >= 11 is 0. The molecule has 0 N–H and O–H groups in total. The van der Waals surface area contributed by atoms with Crippen LogP contribution < -0.4 is 0 Å². The van der Waals surface area contributed by atoms with Gasteiger partial charge in [0.2, 0.25) is 0 Å². The molecule has 0 unspecified atom stereocenters. The largest absolute Gasteiger partial charge is 0.381 e. The van der Waals surface area contributed by atoms with Crippen LogP contribution in [0.25, 0.3) is 0 Å². The van der Waals surface area contributed by atoms with Gasteiger partial charge >= 0.3 is 0 Å². The number of rotatable bonds is 24. The first-order valence-electron chi connectivity index (χ1n) is 12.6. The number of unbranched alkanes of at least 4 members (excludes halogenated alkanes) is 19. The molecule has 0 saturated carbocycles. The minimum atomic E-state index is -0.146. The van der Waals surface area contributed by atoms with Crippen molar-refractivity contribution in [1.82, 2.24) is 0 Å². The lowest BCUT2D eigenvalue weighted by Crippen LogP contribution is -1.97. The van der Waals surface area contributed by atoms with Crippen molar-refractivity contribution in [1.29, 1.82) is 0 Å². The van der Waals surface area contributed by atoms with E-state index in [2.05, 4.69) is 6.92 Å². The normalized spacial score (nSPS) is 11.3. The average Bonchev–Trinajstić information content (AvgIpc) is 2.68. The van der Waals surface area contributed by atoms with Gasteiger partial charge in [-0.3, -0.25) is 4.39 Å². The van der Waals surface area contributed by atoms with Crippen LogP contribution in [0.5, 0.6) is 0 Å². The van der Waals surface area contributed by atoms with Gasteiger partial charge in [0.15, 0.2) is 0 Å². The molecule has 2 heteroatoms. The first-order chi connectivity index (χ1) is 13.4. The van der Waals surface area contributed by atoms with Gasteiger partial charge in [-0.2, -0.15) is 0 Å². The standard InChI is InChI=1S/C25H51FO/c1-2-3-4-5-6-7-8-9-10-11-12-15-18-21-24-27-25-22-19-16-13-14-17-20-23-26/h2-25H2,1H3. The van der Waals surface area contributed by atoms with Crippen LogP contribution in [0.3, 0.4) is 0 Å². The Bertz CT molecular complexity index is 220. The van der Waals surface area contributed by atoms with Crippen LogP contribution in [0, 0.1) is 0 Å². The van der Waals surface area contributed by atoms with Crippen molar-refractivity contribution in [2.75, 3.05) is 19.9 Å². The van der Waals surface area contributed by atoms with E-state index in [-0.39, 0.29) is 6.67 Å². The zero-order valence-corrected chi connectivity index (χ0v) is 18.8. The Morgan fingerprint density at radius 3 is 1.04 bits per heavy atom. The van der Waals surface area contributed by atoms with Crippen LogP contribution in [-0.2, 0) is 4.74 Å². The highest BCUT2D eigenvalue weighted by Crippen LogP contribution is 2.13. The van der Waals surface area contributed by atoms with Crippen molar-refractivity contribution in [3.63, 3.8) is 0 Å². The van der Waals surface area contributed by atoms with Crippen LogP contribution in [-0.4, -0.2) is 19.9 Å². The van der Waals surface area contributed by atoms with E-state index in [0.717, 1.165) is 26.1 Å². The van der Waals surface area contributed by atoms with Crippen molar-refractivity contribution in [2.45, 2.75) is 142 Å². The van der Waals surface area contributed by atoms with E-state index >= 15 is 0 Å². The summed E-state index contributed by atoms with van der Waals surface area (Å²) in [6, 6.07) is 0. The van der Waals surface area contributed by atoms with E-state index in [1.54, 1.807) is 0 Å². The molecular weight excluding hydrogens is 335 g/mol. The Kier molecular flexibility index (Phi) is 25.8. The molecule has 0 spiro atoms. The summed E-state index contributed by atoms with van der Waals surface area (Å²) in [5.74, 6) is 0. The van der Waals surface area contributed by atoms with E-state index < -0.39 is 0 Å². The molecule has 0 heterocycles. The maximum absolute atomic E-state index is 11.9. The minimum Gasteiger partial charge on any atom is -0.381 e. The van der Waals surface area contributed by atoms with Gasteiger partial charge < -0.3 is 4.74 Å².